The van der Waals surface area contributed by atoms with E-state index in [0.717, 1.165) is 23.4 Å². The van der Waals surface area contributed by atoms with Crippen molar-refractivity contribution in [1.29, 1.82) is 0 Å². The molecule has 1 aromatic heterocycles. The Kier molecular flexibility index (Phi) is 7.27. The Hall–Kier alpha value is -1.66. The van der Waals surface area contributed by atoms with Gasteiger partial charge in [0.15, 0.2) is 0 Å². The summed E-state index contributed by atoms with van der Waals surface area (Å²) in [5, 5.41) is 12.6. The number of anilines is 2. The Bertz CT molecular complexity index is 596. The van der Waals surface area contributed by atoms with Crippen LogP contribution in [-0.2, 0) is 11.2 Å². The quantitative estimate of drug-likeness (QED) is 0.787. The van der Waals surface area contributed by atoms with Crippen molar-refractivity contribution in [3.05, 3.63) is 34.8 Å². The summed E-state index contributed by atoms with van der Waals surface area (Å²) in [6.07, 6.45) is 2.37. The minimum Gasteiger partial charge on any atom is -0.399 e. The largest absolute Gasteiger partial charge is 0.399 e. The van der Waals surface area contributed by atoms with Crippen LogP contribution in [0.15, 0.2) is 24.3 Å². The van der Waals surface area contributed by atoms with Crippen molar-refractivity contribution in [2.24, 2.45) is 0 Å². The van der Waals surface area contributed by atoms with Crippen LogP contribution in [0.2, 0.25) is 0 Å². The van der Waals surface area contributed by atoms with Gasteiger partial charge in [0.05, 0.1) is 6.42 Å². The summed E-state index contributed by atoms with van der Waals surface area (Å²) in [6, 6.07) is 7.28. The smallest absolute Gasteiger partial charge is 0.230 e. The molecule has 2 aromatic rings. The molecular formula is C15H21ClN4OS. The van der Waals surface area contributed by atoms with Crippen molar-refractivity contribution >= 4 is 40.5 Å². The molecule has 1 heterocycles. The van der Waals surface area contributed by atoms with Gasteiger partial charge in [-0.05, 0) is 30.5 Å². The van der Waals surface area contributed by atoms with Crippen LogP contribution < -0.4 is 11.1 Å². The second kappa shape index (κ2) is 8.70. The number of nitrogens with one attached hydrogen (secondary N) is 1. The van der Waals surface area contributed by atoms with E-state index in [1.165, 1.54) is 11.3 Å². The molecule has 0 spiro atoms. The third kappa shape index (κ3) is 4.96. The lowest BCUT2D eigenvalue weighted by atomic mass is 10.1. The molecule has 0 fully saturated rings. The van der Waals surface area contributed by atoms with Crippen molar-refractivity contribution in [1.82, 2.24) is 10.2 Å². The molecule has 5 nitrogen and oxygen atoms in total. The number of halogens is 1. The number of hydrogen-bond donors (Lipinski definition) is 2. The fourth-order valence-electron chi connectivity index (χ4n) is 2.07. The molecule has 1 aromatic carbocycles. The average molecular weight is 341 g/mol. The van der Waals surface area contributed by atoms with Crippen LogP contribution in [0.4, 0.5) is 10.8 Å². The number of aromatic nitrogens is 2. The van der Waals surface area contributed by atoms with Crippen molar-refractivity contribution < 1.29 is 4.79 Å². The highest BCUT2D eigenvalue weighted by molar-refractivity contribution is 7.15. The number of benzene rings is 1. The Morgan fingerprint density at radius 2 is 1.86 bits per heavy atom. The summed E-state index contributed by atoms with van der Waals surface area (Å²) in [6.45, 7) is 4.27. The normalized spacial score (nSPS) is 10.3. The fraction of sp³-hybridized carbons (Fsp3) is 0.400. The molecule has 3 N–H and O–H groups in total. The molecule has 0 unspecified atom stereocenters. The molecule has 0 aliphatic heterocycles. The standard InChI is InChI=1S/C15H20N4OS.ClH/c1-3-11(4-2)14-18-19-15(21-14)17-13(20)9-10-5-7-12(16)8-6-10;/h5-8,11H,3-4,9,16H2,1-2H3,(H,17,19,20);1H. The van der Waals surface area contributed by atoms with E-state index in [-0.39, 0.29) is 18.3 Å². The van der Waals surface area contributed by atoms with Crippen molar-refractivity contribution in [2.45, 2.75) is 39.0 Å². The molecule has 22 heavy (non-hydrogen) atoms. The van der Waals surface area contributed by atoms with Gasteiger partial charge in [-0.3, -0.25) is 4.79 Å². The maximum Gasteiger partial charge on any atom is 0.230 e. The molecule has 0 aliphatic rings. The SMILES string of the molecule is CCC(CC)c1nnc(NC(=O)Cc2ccc(N)cc2)s1.Cl. The van der Waals surface area contributed by atoms with Crippen molar-refractivity contribution in [3.8, 4) is 0 Å². The second-order valence-electron chi connectivity index (χ2n) is 4.93. The molecule has 120 valence electrons. The monoisotopic (exact) mass is 340 g/mol. The van der Waals surface area contributed by atoms with Crippen LogP contribution in [0.1, 0.15) is 43.2 Å². The number of amides is 1. The predicted molar refractivity (Wildman–Crippen MR) is 93.7 cm³/mol. The maximum absolute atomic E-state index is 12.0. The summed E-state index contributed by atoms with van der Waals surface area (Å²) in [7, 11) is 0. The molecule has 0 aliphatic carbocycles. The number of hydrogen-bond acceptors (Lipinski definition) is 5. The van der Waals surface area contributed by atoms with Gasteiger partial charge >= 0.3 is 0 Å². The van der Waals surface area contributed by atoms with E-state index >= 15 is 0 Å². The van der Waals surface area contributed by atoms with E-state index in [4.69, 9.17) is 5.73 Å². The topological polar surface area (TPSA) is 80.9 Å². The first-order chi connectivity index (χ1) is 10.1. The van der Waals surface area contributed by atoms with Crippen LogP contribution in [0, 0.1) is 0 Å². The summed E-state index contributed by atoms with van der Waals surface area (Å²) in [5.74, 6) is 0.331. The zero-order valence-corrected chi connectivity index (χ0v) is 14.3. The number of nitrogens with two attached hydrogens (primary N) is 1. The molecule has 0 saturated carbocycles. The molecule has 2 rings (SSSR count). The van der Waals surface area contributed by atoms with Gasteiger partial charge in [-0.2, -0.15) is 0 Å². The van der Waals surface area contributed by atoms with E-state index in [2.05, 4.69) is 29.4 Å². The maximum atomic E-state index is 12.0. The minimum atomic E-state index is -0.0907. The number of carbonyl (C=O) groups is 1. The Labute approximate surface area is 140 Å². The molecule has 0 bridgehead atoms. The number of rotatable bonds is 6. The molecule has 0 radical (unpaired) electrons. The van der Waals surface area contributed by atoms with Crippen LogP contribution in [0.25, 0.3) is 0 Å². The molecule has 1 amide bonds. The second-order valence-corrected chi connectivity index (χ2v) is 5.93. The van der Waals surface area contributed by atoms with Gasteiger partial charge in [-0.15, -0.1) is 22.6 Å². The van der Waals surface area contributed by atoms with E-state index < -0.39 is 0 Å². The lowest BCUT2D eigenvalue weighted by Crippen LogP contribution is -2.14. The lowest BCUT2D eigenvalue weighted by Gasteiger charge is -2.05. The number of nitrogen functional groups attached to an aromatic ring is 1. The molecule has 0 atom stereocenters. The summed E-state index contributed by atoms with van der Waals surface area (Å²) >= 11 is 1.46. The van der Waals surface area contributed by atoms with Crippen LogP contribution >= 0.6 is 23.7 Å². The van der Waals surface area contributed by atoms with Crippen molar-refractivity contribution in [2.75, 3.05) is 11.1 Å². The van der Waals surface area contributed by atoms with Gasteiger partial charge in [0.2, 0.25) is 11.0 Å². The van der Waals surface area contributed by atoms with Gasteiger partial charge in [0, 0.05) is 11.6 Å². The molecule has 7 heteroatoms. The Balaban J connectivity index is 0.00000242. The van der Waals surface area contributed by atoms with E-state index in [1.54, 1.807) is 12.1 Å². The number of nitrogens with zero attached hydrogens (tertiary/aromatic N) is 2. The van der Waals surface area contributed by atoms with Gasteiger partial charge < -0.3 is 11.1 Å². The molecular weight excluding hydrogens is 320 g/mol. The predicted octanol–water partition coefficient (Wildman–Crippen LogP) is 3.63. The van der Waals surface area contributed by atoms with E-state index in [9.17, 15) is 4.79 Å². The highest BCUT2D eigenvalue weighted by atomic mass is 35.5. The van der Waals surface area contributed by atoms with Crippen molar-refractivity contribution in [3.63, 3.8) is 0 Å². The van der Waals surface area contributed by atoms with Gasteiger partial charge in [0.25, 0.3) is 0 Å². The van der Waals surface area contributed by atoms with E-state index in [1.807, 2.05) is 12.1 Å². The first-order valence-electron chi connectivity index (χ1n) is 7.10. The average Bonchev–Trinajstić information content (AvgIpc) is 2.91. The number of carbonyl (C=O) groups excluding carboxylic acids is 1. The first kappa shape index (κ1) is 18.4. The Morgan fingerprint density at radius 1 is 1.23 bits per heavy atom. The zero-order chi connectivity index (χ0) is 15.2. The summed E-state index contributed by atoms with van der Waals surface area (Å²) in [4.78, 5) is 12.0. The zero-order valence-electron chi connectivity index (χ0n) is 12.7. The summed E-state index contributed by atoms with van der Waals surface area (Å²) < 4.78 is 0. The van der Waals surface area contributed by atoms with Gasteiger partial charge in [0.1, 0.15) is 5.01 Å². The lowest BCUT2D eigenvalue weighted by molar-refractivity contribution is -0.115. The third-order valence-electron chi connectivity index (χ3n) is 3.37. The summed E-state index contributed by atoms with van der Waals surface area (Å²) in [5.41, 5.74) is 7.24. The molecule has 0 saturated heterocycles. The van der Waals surface area contributed by atoms with Crippen LogP contribution in [0.3, 0.4) is 0 Å². The fourth-order valence-corrected chi connectivity index (χ4v) is 3.10. The minimum absolute atomic E-state index is 0. The Morgan fingerprint density at radius 3 is 2.45 bits per heavy atom. The third-order valence-corrected chi connectivity index (χ3v) is 4.37. The van der Waals surface area contributed by atoms with Crippen LogP contribution in [0.5, 0.6) is 0 Å². The highest BCUT2D eigenvalue weighted by Gasteiger charge is 2.14. The van der Waals surface area contributed by atoms with Crippen LogP contribution in [-0.4, -0.2) is 16.1 Å². The van der Waals surface area contributed by atoms with Gasteiger partial charge in [-0.1, -0.05) is 37.3 Å². The first-order valence-corrected chi connectivity index (χ1v) is 7.91. The highest BCUT2D eigenvalue weighted by Crippen LogP contribution is 2.28. The van der Waals surface area contributed by atoms with Gasteiger partial charge in [-0.25, -0.2) is 0 Å². The van der Waals surface area contributed by atoms with E-state index in [0.29, 0.717) is 23.2 Å².